The van der Waals surface area contributed by atoms with Crippen LogP contribution in [-0.2, 0) is 60.6 Å². The maximum absolute atomic E-state index is 12.7. The van der Waals surface area contributed by atoms with Gasteiger partial charge in [0.25, 0.3) is 0 Å². The summed E-state index contributed by atoms with van der Waals surface area (Å²) in [5, 5.41) is 46.0. The molecule has 0 unspecified atom stereocenters. The Bertz CT molecular complexity index is 1770. The molecule has 62 heavy (non-hydrogen) atoms. The van der Waals surface area contributed by atoms with Crippen molar-refractivity contribution in [2.24, 2.45) is 9.98 Å². The van der Waals surface area contributed by atoms with Crippen LogP contribution < -0.4 is 20.4 Å². The zero-order valence-corrected chi connectivity index (χ0v) is 46.4. The number of hydrogen-bond acceptors (Lipinski definition) is 8. The van der Waals surface area contributed by atoms with Gasteiger partial charge in [-0.3, -0.25) is 9.98 Å². The Balaban J connectivity index is 0. The van der Waals surface area contributed by atoms with Gasteiger partial charge >= 0.3 is 39.0 Å². The fraction of sp³-hybridized carbons (Fsp3) is 0.480. The normalized spacial score (nSPS) is 11.8. The molecule has 4 aromatic rings. The summed E-state index contributed by atoms with van der Waals surface area (Å²) >= 11 is 0. The van der Waals surface area contributed by atoms with Gasteiger partial charge in [-0.1, -0.05) is 143 Å². The molecule has 0 spiro atoms. The number of nitrogens with zero attached hydrogens (tertiary/aromatic N) is 4. The van der Waals surface area contributed by atoms with E-state index in [1.807, 2.05) is 40.3 Å². The zero-order chi connectivity index (χ0) is 46.2. The first-order valence-corrected chi connectivity index (χ1v) is 20.3. The fourth-order valence-corrected chi connectivity index (χ4v) is 5.19. The predicted octanol–water partition coefficient (Wildman–Crippen LogP) is 8.47. The standard InChI is InChI=1S/2C19H32N2O.2C6H5FO.2Zn/c2*1-18(2,3)15-11-14(13-20-9-10-21(7)8)17(22)16(12-15)19(4,5)6;2*7-5-1-3-6(8)4-2-5;;/h2*11-13,22H,9-10H2,1-8H3;2*1-4,8H;;/q;;;;2*+2/p-4. The molecule has 4 aromatic carbocycles. The van der Waals surface area contributed by atoms with Crippen LogP contribution in [0.15, 0.2) is 82.8 Å². The van der Waals surface area contributed by atoms with E-state index in [1.54, 1.807) is 12.4 Å². The van der Waals surface area contributed by atoms with Gasteiger partial charge in [-0.05, 0) is 107 Å². The van der Waals surface area contributed by atoms with Crippen LogP contribution >= 0.6 is 0 Å². The monoisotopic (exact) mass is 956 g/mol. The Hall–Kier alpha value is -3.55. The molecule has 332 valence electrons. The van der Waals surface area contributed by atoms with Crippen molar-refractivity contribution >= 4 is 12.4 Å². The Labute approximate surface area is 398 Å². The number of rotatable bonds is 8. The maximum Gasteiger partial charge on any atom is 2.00 e. The molecular weight excluding hydrogens is 889 g/mol. The van der Waals surface area contributed by atoms with Gasteiger partial charge in [0.05, 0.1) is 13.1 Å². The van der Waals surface area contributed by atoms with E-state index in [2.05, 4.69) is 115 Å². The summed E-state index contributed by atoms with van der Waals surface area (Å²) in [6.45, 7) is 28.7. The van der Waals surface area contributed by atoms with E-state index in [0.717, 1.165) is 48.5 Å². The molecule has 0 heterocycles. The van der Waals surface area contributed by atoms with E-state index in [-0.39, 0.29) is 95.2 Å². The molecule has 0 radical (unpaired) electrons. The smallest absolute Gasteiger partial charge is 0.872 e. The van der Waals surface area contributed by atoms with Crippen molar-refractivity contribution in [3.05, 3.63) is 118 Å². The largest absolute Gasteiger partial charge is 2.00 e. The summed E-state index contributed by atoms with van der Waals surface area (Å²) < 4.78 is 23.9. The third-order valence-corrected chi connectivity index (χ3v) is 9.02. The molecule has 0 aliphatic rings. The van der Waals surface area contributed by atoms with Gasteiger partial charge in [0, 0.05) is 25.5 Å². The second-order valence-electron chi connectivity index (χ2n) is 19.5. The number of halogens is 2. The van der Waals surface area contributed by atoms with Crippen molar-refractivity contribution < 1.29 is 68.2 Å². The van der Waals surface area contributed by atoms with Crippen LogP contribution in [0.1, 0.15) is 116 Å². The van der Waals surface area contributed by atoms with Crippen LogP contribution in [0, 0.1) is 11.6 Å². The molecule has 4 rings (SSSR count). The topological polar surface area (TPSA) is 123 Å². The predicted molar refractivity (Wildman–Crippen MR) is 240 cm³/mol. The van der Waals surface area contributed by atoms with Gasteiger partial charge in [-0.2, -0.15) is 0 Å². The van der Waals surface area contributed by atoms with E-state index in [1.165, 1.54) is 35.4 Å². The summed E-state index contributed by atoms with van der Waals surface area (Å²) in [6.07, 6.45) is 3.49. The quantitative estimate of drug-likeness (QED) is 0.129. The minimum Gasteiger partial charge on any atom is -0.872 e. The molecule has 0 saturated heterocycles. The SMILES string of the molecule is CN(C)CCN=Cc1cc(C(C)(C)C)cc(C(C)(C)C)c1[O-].CN(C)CCN=Cc1cc(C(C)(C)C)cc(C(C)(C)C)c1[O-].[O-]c1ccc(F)cc1.[O-]c1ccc(F)cc1.[Zn+2].[Zn+2]. The van der Waals surface area contributed by atoms with Gasteiger partial charge in [-0.25, -0.2) is 8.78 Å². The van der Waals surface area contributed by atoms with Crippen molar-refractivity contribution in [3.8, 4) is 23.0 Å². The first-order valence-electron chi connectivity index (χ1n) is 20.3. The molecule has 0 saturated carbocycles. The average Bonchev–Trinajstić information content (AvgIpc) is 3.11. The molecule has 0 bridgehead atoms. The van der Waals surface area contributed by atoms with Gasteiger partial charge in [0.2, 0.25) is 0 Å². The summed E-state index contributed by atoms with van der Waals surface area (Å²) in [4.78, 5) is 13.0. The van der Waals surface area contributed by atoms with Gasteiger partial charge in [0.1, 0.15) is 11.6 Å². The van der Waals surface area contributed by atoms with Crippen LogP contribution in [0.4, 0.5) is 8.78 Å². The molecule has 12 heteroatoms. The van der Waals surface area contributed by atoms with Crippen molar-refractivity contribution in [1.82, 2.24) is 9.80 Å². The average molecular weight is 960 g/mol. The van der Waals surface area contributed by atoms with E-state index < -0.39 is 0 Å². The summed E-state index contributed by atoms with van der Waals surface area (Å²) in [5.41, 5.74) is 5.22. The minimum absolute atomic E-state index is 0. The molecule has 0 amide bonds. The molecule has 8 nitrogen and oxygen atoms in total. The van der Waals surface area contributed by atoms with Gasteiger partial charge < -0.3 is 30.2 Å². The Morgan fingerprint density at radius 3 is 0.952 bits per heavy atom. The number of hydrogen-bond donors (Lipinski definition) is 0. The molecule has 0 fully saturated rings. The minimum atomic E-state index is -0.371. The second-order valence-corrected chi connectivity index (χ2v) is 19.5. The molecule has 0 N–H and O–H groups in total. The van der Waals surface area contributed by atoms with Crippen LogP contribution in [0.2, 0.25) is 0 Å². The number of likely N-dealkylation sites (N-methyl/N-ethyl adjacent to an activating group) is 2. The van der Waals surface area contributed by atoms with E-state index in [4.69, 9.17) is 0 Å². The number of benzene rings is 4. The molecule has 0 aliphatic heterocycles. The van der Waals surface area contributed by atoms with Crippen LogP contribution in [0.3, 0.4) is 0 Å². The fourth-order valence-electron chi connectivity index (χ4n) is 5.19. The van der Waals surface area contributed by atoms with Crippen LogP contribution in [0.25, 0.3) is 0 Å². The van der Waals surface area contributed by atoms with Crippen molar-refractivity contribution in [3.63, 3.8) is 0 Å². The first-order chi connectivity index (χ1) is 27.4. The molecule has 0 atom stereocenters. The van der Waals surface area contributed by atoms with Crippen LogP contribution in [-0.4, -0.2) is 76.6 Å². The van der Waals surface area contributed by atoms with Crippen molar-refractivity contribution in [2.75, 3.05) is 54.4 Å². The molecule has 0 aromatic heterocycles. The third-order valence-electron chi connectivity index (χ3n) is 9.02. The molecular formula is C50H70F2N4O4Zn2. The van der Waals surface area contributed by atoms with Crippen molar-refractivity contribution in [1.29, 1.82) is 0 Å². The van der Waals surface area contributed by atoms with Gasteiger partial charge in [0.15, 0.2) is 0 Å². The van der Waals surface area contributed by atoms with E-state index >= 15 is 0 Å². The maximum atomic E-state index is 12.7. The van der Waals surface area contributed by atoms with Crippen molar-refractivity contribution in [2.45, 2.75) is 105 Å². The zero-order valence-electron chi connectivity index (χ0n) is 40.5. The van der Waals surface area contributed by atoms with E-state index in [0.29, 0.717) is 24.2 Å². The van der Waals surface area contributed by atoms with Gasteiger partial charge in [-0.15, -0.1) is 11.5 Å². The summed E-state index contributed by atoms with van der Waals surface area (Å²) in [7, 11) is 8.08. The van der Waals surface area contributed by atoms with E-state index in [9.17, 15) is 29.2 Å². The summed E-state index contributed by atoms with van der Waals surface area (Å²) in [6, 6.07) is 17.5. The Kier molecular flexibility index (Phi) is 26.3. The molecule has 0 aliphatic carbocycles. The number of aliphatic imine (C=N–C) groups is 2. The third kappa shape index (κ3) is 23.2. The Morgan fingerprint density at radius 1 is 0.468 bits per heavy atom. The van der Waals surface area contributed by atoms with Crippen LogP contribution in [0.5, 0.6) is 23.0 Å². The second kappa shape index (κ2) is 26.9. The Morgan fingerprint density at radius 2 is 0.742 bits per heavy atom. The first kappa shape index (κ1) is 60.5. The summed E-state index contributed by atoms with van der Waals surface area (Å²) in [5.74, 6) is -0.852.